The van der Waals surface area contributed by atoms with E-state index < -0.39 is 0 Å². The molecule has 1 spiro atoms. The molecule has 2 fully saturated rings. The Morgan fingerprint density at radius 1 is 1.06 bits per heavy atom. The Kier molecular flexibility index (Phi) is 5.57. The smallest absolute Gasteiger partial charge is 0.324 e. The number of piperidine rings is 1. The van der Waals surface area contributed by atoms with Gasteiger partial charge in [0.05, 0.1) is 7.11 Å². The number of nitrogens with zero attached hydrogens (tertiary/aromatic N) is 3. The highest BCUT2D eigenvalue weighted by Crippen LogP contribution is 2.48. The fourth-order valence-corrected chi connectivity index (χ4v) is 5.70. The maximum atomic E-state index is 13.3. The molecule has 0 saturated carbocycles. The second-order valence-corrected chi connectivity index (χ2v) is 9.57. The number of benzene rings is 2. The van der Waals surface area contributed by atoms with Gasteiger partial charge in [-0.1, -0.05) is 23.7 Å². The molecule has 0 unspecified atom stereocenters. The number of methoxy groups -OCH3 is 1. The number of ether oxygens (including phenoxy) is 1. The molecule has 5 nitrogen and oxygen atoms in total. The largest absolute Gasteiger partial charge is 0.497 e. The molecular formula is C25H30ClN3O2. The summed E-state index contributed by atoms with van der Waals surface area (Å²) in [6.45, 7) is 5.46. The van der Waals surface area contributed by atoms with Crippen LogP contribution < -0.4 is 9.64 Å². The molecular weight excluding hydrogens is 410 g/mol. The Labute approximate surface area is 189 Å². The van der Waals surface area contributed by atoms with E-state index in [0.717, 1.165) is 81.4 Å². The number of rotatable bonds is 3. The van der Waals surface area contributed by atoms with Crippen LogP contribution in [0, 0.1) is 0 Å². The topological polar surface area (TPSA) is 36.0 Å². The van der Waals surface area contributed by atoms with Gasteiger partial charge in [-0.25, -0.2) is 4.79 Å². The van der Waals surface area contributed by atoms with Crippen LogP contribution in [0.1, 0.15) is 36.8 Å². The third kappa shape index (κ3) is 3.90. The summed E-state index contributed by atoms with van der Waals surface area (Å²) in [6.07, 6.45) is 4.30. The fourth-order valence-electron chi connectivity index (χ4n) is 5.49. The van der Waals surface area contributed by atoms with Crippen LogP contribution in [0.5, 0.6) is 5.75 Å². The molecule has 3 aliphatic heterocycles. The average Bonchev–Trinajstić information content (AvgIpc) is 3.42. The van der Waals surface area contributed by atoms with Crippen molar-refractivity contribution in [1.29, 1.82) is 0 Å². The van der Waals surface area contributed by atoms with E-state index in [9.17, 15) is 4.79 Å². The van der Waals surface area contributed by atoms with E-state index in [1.165, 1.54) is 11.1 Å². The van der Waals surface area contributed by atoms with Crippen molar-refractivity contribution < 1.29 is 9.53 Å². The maximum absolute atomic E-state index is 13.3. The van der Waals surface area contributed by atoms with Crippen LogP contribution in [-0.4, -0.2) is 55.7 Å². The van der Waals surface area contributed by atoms with Crippen molar-refractivity contribution in [3.05, 3.63) is 58.6 Å². The van der Waals surface area contributed by atoms with E-state index >= 15 is 0 Å². The molecule has 0 aromatic heterocycles. The van der Waals surface area contributed by atoms with Crippen LogP contribution >= 0.6 is 11.6 Å². The predicted octanol–water partition coefficient (Wildman–Crippen LogP) is 4.92. The van der Waals surface area contributed by atoms with Gasteiger partial charge in [-0.15, -0.1) is 0 Å². The first-order valence-corrected chi connectivity index (χ1v) is 11.7. The zero-order chi connectivity index (χ0) is 21.4. The molecule has 31 heavy (non-hydrogen) atoms. The molecule has 2 amide bonds. The third-order valence-electron chi connectivity index (χ3n) is 7.24. The highest BCUT2D eigenvalue weighted by atomic mass is 35.5. The van der Waals surface area contributed by atoms with Crippen LogP contribution in [0.4, 0.5) is 10.5 Å². The molecule has 2 aromatic rings. The average molecular weight is 440 g/mol. The van der Waals surface area contributed by atoms with Crippen molar-refractivity contribution in [3.8, 4) is 5.75 Å². The Morgan fingerprint density at radius 3 is 2.55 bits per heavy atom. The maximum Gasteiger partial charge on any atom is 0.324 e. The monoisotopic (exact) mass is 439 g/mol. The summed E-state index contributed by atoms with van der Waals surface area (Å²) in [6, 6.07) is 14.5. The summed E-state index contributed by atoms with van der Waals surface area (Å²) in [5.74, 6) is 0.870. The first-order chi connectivity index (χ1) is 15.1. The normalized spacial score (nSPS) is 20.3. The first-order valence-electron chi connectivity index (χ1n) is 11.3. The van der Waals surface area contributed by atoms with Gasteiger partial charge < -0.3 is 9.64 Å². The van der Waals surface area contributed by atoms with E-state index in [1.54, 1.807) is 7.11 Å². The van der Waals surface area contributed by atoms with E-state index in [2.05, 4.69) is 29.2 Å². The molecule has 0 N–H and O–H groups in total. The summed E-state index contributed by atoms with van der Waals surface area (Å²) >= 11 is 6.17. The van der Waals surface area contributed by atoms with E-state index in [4.69, 9.17) is 16.3 Å². The molecule has 5 rings (SSSR count). The molecule has 3 aliphatic rings. The van der Waals surface area contributed by atoms with Crippen LogP contribution in [0.2, 0.25) is 5.02 Å². The van der Waals surface area contributed by atoms with Crippen molar-refractivity contribution in [2.45, 2.75) is 37.6 Å². The summed E-state index contributed by atoms with van der Waals surface area (Å²) in [5.41, 5.74) is 3.61. The number of carbonyl (C=O) groups excluding carboxylic acids is 1. The van der Waals surface area contributed by atoms with Crippen molar-refractivity contribution in [2.75, 3.05) is 44.7 Å². The zero-order valence-electron chi connectivity index (χ0n) is 18.1. The van der Waals surface area contributed by atoms with Gasteiger partial charge >= 0.3 is 6.03 Å². The van der Waals surface area contributed by atoms with Crippen molar-refractivity contribution in [1.82, 2.24) is 9.80 Å². The lowest BCUT2D eigenvalue weighted by Gasteiger charge is -2.40. The summed E-state index contributed by atoms with van der Waals surface area (Å²) in [7, 11) is 1.71. The summed E-state index contributed by atoms with van der Waals surface area (Å²) < 4.78 is 5.54. The lowest BCUT2D eigenvalue weighted by Crippen LogP contribution is -2.48. The second kappa shape index (κ2) is 8.36. The van der Waals surface area contributed by atoms with Crippen LogP contribution in [0.15, 0.2) is 42.5 Å². The number of hydrogen-bond acceptors (Lipinski definition) is 3. The second-order valence-electron chi connectivity index (χ2n) is 9.13. The molecule has 0 aliphatic carbocycles. The van der Waals surface area contributed by atoms with E-state index in [1.807, 2.05) is 28.0 Å². The minimum absolute atomic E-state index is 0.00406. The van der Waals surface area contributed by atoms with Crippen LogP contribution in [-0.2, 0) is 12.0 Å². The van der Waals surface area contributed by atoms with Gasteiger partial charge in [0, 0.05) is 42.3 Å². The standard InChI is InChI=1S/C25H30ClN3O2/c1-31-21-7-8-23-22(16-21)25(18-29(23)24(30)28-11-2-3-12-28)9-13-27(14-10-25)17-19-5-4-6-20(26)15-19/h4-8,15-16H,2-3,9-14,17-18H2,1H3. The Balaban J connectivity index is 1.37. The first kappa shape index (κ1) is 20.7. The molecule has 2 saturated heterocycles. The lowest BCUT2D eigenvalue weighted by atomic mass is 9.74. The minimum Gasteiger partial charge on any atom is -0.497 e. The van der Waals surface area contributed by atoms with Crippen LogP contribution in [0.3, 0.4) is 0 Å². The van der Waals surface area contributed by atoms with Gasteiger partial charge in [-0.05, 0) is 80.2 Å². The molecule has 0 bridgehead atoms. The molecule has 0 atom stereocenters. The van der Waals surface area contributed by atoms with E-state index in [0.29, 0.717) is 0 Å². The number of fused-ring (bicyclic) bond motifs is 2. The highest BCUT2D eigenvalue weighted by Gasteiger charge is 2.47. The Hall–Kier alpha value is -2.24. The quantitative estimate of drug-likeness (QED) is 0.681. The number of likely N-dealkylation sites (tertiary alicyclic amines) is 2. The fraction of sp³-hybridized carbons (Fsp3) is 0.480. The van der Waals surface area contributed by atoms with Gasteiger partial charge in [0.1, 0.15) is 5.75 Å². The highest BCUT2D eigenvalue weighted by molar-refractivity contribution is 6.30. The number of halogens is 1. The summed E-state index contributed by atoms with van der Waals surface area (Å²) in [4.78, 5) is 19.9. The molecule has 164 valence electrons. The van der Waals surface area contributed by atoms with Gasteiger partial charge in [0.2, 0.25) is 0 Å². The van der Waals surface area contributed by atoms with Crippen molar-refractivity contribution in [2.24, 2.45) is 0 Å². The zero-order valence-corrected chi connectivity index (χ0v) is 18.9. The molecule has 6 heteroatoms. The summed E-state index contributed by atoms with van der Waals surface area (Å²) in [5, 5.41) is 0.791. The van der Waals surface area contributed by atoms with Crippen molar-refractivity contribution in [3.63, 3.8) is 0 Å². The third-order valence-corrected chi connectivity index (χ3v) is 7.48. The minimum atomic E-state index is 0.00406. The molecule has 2 aromatic carbocycles. The van der Waals surface area contributed by atoms with Gasteiger partial charge in [-0.3, -0.25) is 9.80 Å². The number of anilines is 1. The van der Waals surface area contributed by atoms with Crippen LogP contribution in [0.25, 0.3) is 0 Å². The number of urea groups is 1. The Morgan fingerprint density at radius 2 is 1.84 bits per heavy atom. The van der Waals surface area contributed by atoms with Crippen molar-refractivity contribution >= 4 is 23.3 Å². The Bertz CT molecular complexity index is 965. The number of amides is 2. The number of carbonyl (C=O) groups is 1. The SMILES string of the molecule is COc1ccc2c(c1)C1(CCN(Cc3cccc(Cl)c3)CC1)CN2C(=O)N1CCCC1. The molecule has 0 radical (unpaired) electrons. The molecule has 3 heterocycles. The van der Waals surface area contributed by atoms with Gasteiger partial charge in [0.25, 0.3) is 0 Å². The van der Waals surface area contributed by atoms with Gasteiger partial charge in [-0.2, -0.15) is 0 Å². The lowest BCUT2D eigenvalue weighted by molar-refractivity contribution is 0.158. The van der Waals surface area contributed by atoms with Gasteiger partial charge in [0.15, 0.2) is 0 Å². The van der Waals surface area contributed by atoms with E-state index in [-0.39, 0.29) is 11.4 Å². The number of hydrogen-bond donors (Lipinski definition) is 0. The predicted molar refractivity (Wildman–Crippen MR) is 124 cm³/mol.